The Hall–Kier alpha value is -2.13. The molecule has 1 aliphatic heterocycles. The molecular weight excluding hydrogens is 471 g/mol. The van der Waals surface area contributed by atoms with Crippen LogP contribution in [0.2, 0.25) is 0 Å². The number of hydrogen-bond acceptors (Lipinski definition) is 4. The van der Waals surface area contributed by atoms with Gasteiger partial charge in [-0.25, -0.2) is 4.79 Å². The first-order valence-corrected chi connectivity index (χ1v) is 13.2. The lowest BCUT2D eigenvalue weighted by Gasteiger charge is -2.38. The quantitative estimate of drug-likeness (QED) is 0.330. The second kappa shape index (κ2) is 18.2. The summed E-state index contributed by atoms with van der Waals surface area (Å²) in [5, 5.41) is 7.12. The Labute approximate surface area is 214 Å². The van der Waals surface area contributed by atoms with Gasteiger partial charge in [0.2, 0.25) is 5.91 Å². The molecule has 0 radical (unpaired) electrons. The molecule has 0 unspecified atom stereocenters. The Kier molecular flexibility index (Phi) is 16.1. The van der Waals surface area contributed by atoms with Gasteiger partial charge in [-0.3, -0.25) is 4.79 Å². The van der Waals surface area contributed by atoms with Crippen LogP contribution in [0.25, 0.3) is 0 Å². The third kappa shape index (κ3) is 13.8. The molecule has 0 saturated carbocycles. The molecule has 0 spiro atoms. The summed E-state index contributed by atoms with van der Waals surface area (Å²) >= 11 is 0. The zero-order valence-corrected chi connectivity index (χ0v) is 21.6. The maximum atomic E-state index is 12.5. The summed E-state index contributed by atoms with van der Waals surface area (Å²) in [4.78, 5) is 26.2. The van der Waals surface area contributed by atoms with Crippen molar-refractivity contribution in [3.8, 4) is 0 Å². The van der Waals surface area contributed by atoms with Gasteiger partial charge in [-0.2, -0.15) is 13.2 Å². The van der Waals surface area contributed by atoms with Crippen molar-refractivity contribution < 1.29 is 27.9 Å². The number of aliphatic carboxylic acids is 1. The predicted molar refractivity (Wildman–Crippen MR) is 137 cm³/mol. The van der Waals surface area contributed by atoms with E-state index in [0.29, 0.717) is 18.4 Å². The number of unbranched alkanes of at least 4 members (excludes halogenated alkanes) is 6. The Morgan fingerprint density at radius 3 is 2.03 bits per heavy atom. The molecule has 1 fully saturated rings. The van der Waals surface area contributed by atoms with Crippen molar-refractivity contribution in [2.75, 3.05) is 32.7 Å². The highest BCUT2D eigenvalue weighted by Crippen LogP contribution is 2.19. The van der Waals surface area contributed by atoms with Gasteiger partial charge in [0.05, 0.1) is 0 Å². The van der Waals surface area contributed by atoms with E-state index in [4.69, 9.17) is 15.6 Å². The number of carboxylic acids is 1. The number of likely N-dealkylation sites (tertiary alicyclic amines) is 1. The van der Waals surface area contributed by atoms with Crippen LogP contribution >= 0.6 is 0 Å². The van der Waals surface area contributed by atoms with Crippen LogP contribution in [0.5, 0.6) is 0 Å². The van der Waals surface area contributed by atoms with E-state index in [1.165, 1.54) is 37.7 Å². The Bertz CT molecular complexity index is 724. The summed E-state index contributed by atoms with van der Waals surface area (Å²) in [6.45, 7) is 7.13. The van der Waals surface area contributed by atoms with Crippen molar-refractivity contribution in [1.29, 1.82) is 0 Å². The number of alkyl halides is 3. The Morgan fingerprint density at radius 2 is 1.53 bits per heavy atom. The number of nitrogens with two attached hydrogens (primary N) is 1. The Balaban J connectivity index is 0.000000809. The lowest BCUT2D eigenvalue weighted by Crippen LogP contribution is -2.48. The second-order valence-corrected chi connectivity index (χ2v) is 9.32. The van der Waals surface area contributed by atoms with E-state index in [2.05, 4.69) is 40.1 Å². The molecule has 9 heteroatoms. The summed E-state index contributed by atoms with van der Waals surface area (Å²) in [6, 6.07) is 11.2. The highest BCUT2D eigenvalue weighted by atomic mass is 19.4. The number of rotatable bonds is 14. The van der Waals surface area contributed by atoms with Crippen LogP contribution in [0.3, 0.4) is 0 Å². The number of piperidine rings is 1. The number of halogens is 3. The summed E-state index contributed by atoms with van der Waals surface area (Å²) < 4.78 is 31.7. The SMILES string of the molecule is CCC(=O)N(CCCCCCCCCN)C1CCN(CCc2ccccc2)CC1.O=C(O)C(F)(F)F. The van der Waals surface area contributed by atoms with Crippen molar-refractivity contribution in [1.82, 2.24) is 9.80 Å². The van der Waals surface area contributed by atoms with Crippen molar-refractivity contribution in [2.45, 2.75) is 89.8 Å². The van der Waals surface area contributed by atoms with E-state index >= 15 is 0 Å². The molecule has 1 saturated heterocycles. The molecule has 3 N–H and O–H groups in total. The molecule has 206 valence electrons. The third-order valence-electron chi connectivity index (χ3n) is 6.53. The van der Waals surface area contributed by atoms with Crippen molar-refractivity contribution in [2.24, 2.45) is 5.73 Å². The van der Waals surface area contributed by atoms with Gasteiger partial charge in [-0.15, -0.1) is 0 Å². The molecule has 2 rings (SSSR count). The highest BCUT2D eigenvalue weighted by molar-refractivity contribution is 5.76. The minimum absolute atomic E-state index is 0.343. The van der Waals surface area contributed by atoms with Crippen molar-refractivity contribution >= 4 is 11.9 Å². The second-order valence-electron chi connectivity index (χ2n) is 9.32. The molecule has 0 aliphatic carbocycles. The molecule has 0 bridgehead atoms. The number of benzene rings is 1. The molecule has 0 aromatic heterocycles. The van der Waals surface area contributed by atoms with Crippen LogP contribution in [0.4, 0.5) is 13.2 Å². The van der Waals surface area contributed by atoms with Gasteiger partial charge < -0.3 is 20.6 Å². The molecular formula is C27H44F3N3O3. The molecule has 1 aromatic carbocycles. The highest BCUT2D eigenvalue weighted by Gasteiger charge is 2.38. The Morgan fingerprint density at radius 1 is 1.00 bits per heavy atom. The smallest absolute Gasteiger partial charge is 0.475 e. The maximum Gasteiger partial charge on any atom is 0.490 e. The van der Waals surface area contributed by atoms with E-state index in [0.717, 1.165) is 64.8 Å². The summed E-state index contributed by atoms with van der Waals surface area (Å²) in [7, 11) is 0. The zero-order valence-electron chi connectivity index (χ0n) is 21.6. The third-order valence-corrected chi connectivity index (χ3v) is 6.53. The summed E-state index contributed by atoms with van der Waals surface area (Å²) in [6.07, 6.45) is 7.63. The van der Waals surface area contributed by atoms with Crippen LogP contribution in [0.1, 0.15) is 76.7 Å². The van der Waals surface area contributed by atoms with Crippen LogP contribution in [0, 0.1) is 0 Å². The molecule has 1 amide bonds. The first kappa shape index (κ1) is 31.9. The zero-order chi connectivity index (χ0) is 26.8. The van der Waals surface area contributed by atoms with Gasteiger partial charge >= 0.3 is 12.1 Å². The van der Waals surface area contributed by atoms with E-state index in [1.54, 1.807) is 0 Å². The van der Waals surface area contributed by atoms with Gasteiger partial charge in [-0.1, -0.05) is 69.4 Å². The molecule has 0 atom stereocenters. The van der Waals surface area contributed by atoms with E-state index in [9.17, 15) is 18.0 Å². The predicted octanol–water partition coefficient (Wildman–Crippen LogP) is 5.25. The molecule has 1 aliphatic rings. The topological polar surface area (TPSA) is 86.9 Å². The van der Waals surface area contributed by atoms with Crippen LogP contribution in [0.15, 0.2) is 30.3 Å². The monoisotopic (exact) mass is 515 g/mol. The fourth-order valence-electron chi connectivity index (χ4n) is 4.41. The normalized spacial score (nSPS) is 14.7. The molecule has 1 aromatic rings. The van der Waals surface area contributed by atoms with Crippen LogP contribution < -0.4 is 5.73 Å². The summed E-state index contributed by atoms with van der Waals surface area (Å²) in [5.74, 6) is -2.41. The van der Waals surface area contributed by atoms with Gasteiger partial charge in [0, 0.05) is 38.6 Å². The van der Waals surface area contributed by atoms with Gasteiger partial charge in [-0.05, 0) is 44.2 Å². The number of carbonyl (C=O) groups is 2. The lowest BCUT2D eigenvalue weighted by atomic mass is 10.0. The number of carboxylic acid groups (broad SMARTS) is 1. The average molecular weight is 516 g/mol. The lowest BCUT2D eigenvalue weighted by molar-refractivity contribution is -0.192. The average Bonchev–Trinajstić information content (AvgIpc) is 2.87. The van der Waals surface area contributed by atoms with Crippen molar-refractivity contribution in [3.63, 3.8) is 0 Å². The molecule has 6 nitrogen and oxygen atoms in total. The van der Waals surface area contributed by atoms with Gasteiger partial charge in [0.1, 0.15) is 0 Å². The first-order valence-electron chi connectivity index (χ1n) is 13.2. The first-order chi connectivity index (χ1) is 17.2. The number of amides is 1. The molecule has 36 heavy (non-hydrogen) atoms. The van der Waals surface area contributed by atoms with Crippen LogP contribution in [-0.2, 0) is 16.0 Å². The number of carbonyl (C=O) groups excluding carboxylic acids is 1. The molecule has 1 heterocycles. The van der Waals surface area contributed by atoms with Gasteiger partial charge in [0.25, 0.3) is 0 Å². The number of nitrogens with zero attached hydrogens (tertiary/aromatic N) is 2. The fraction of sp³-hybridized carbons (Fsp3) is 0.704. The van der Waals surface area contributed by atoms with E-state index < -0.39 is 12.1 Å². The van der Waals surface area contributed by atoms with Crippen LogP contribution in [-0.4, -0.2) is 71.7 Å². The fourth-order valence-corrected chi connectivity index (χ4v) is 4.41. The number of hydrogen-bond donors (Lipinski definition) is 2. The summed E-state index contributed by atoms with van der Waals surface area (Å²) in [5.41, 5.74) is 6.97. The largest absolute Gasteiger partial charge is 0.490 e. The maximum absolute atomic E-state index is 12.5. The minimum Gasteiger partial charge on any atom is -0.475 e. The van der Waals surface area contributed by atoms with E-state index in [-0.39, 0.29) is 0 Å². The van der Waals surface area contributed by atoms with Crippen molar-refractivity contribution in [3.05, 3.63) is 35.9 Å². The van der Waals surface area contributed by atoms with E-state index in [1.807, 2.05) is 6.92 Å². The minimum atomic E-state index is -5.08. The standard InChI is InChI=1S/C25H43N3O.C2HF3O2/c1-2-25(29)28(19-12-7-5-3-4-6-11-18-26)24-16-21-27(22-17-24)20-15-23-13-9-8-10-14-23;3-2(4,5)1(6)7/h8-10,13-14,24H,2-7,11-12,15-22,26H2,1H3;(H,6,7). The van der Waals surface area contributed by atoms with Gasteiger partial charge in [0.15, 0.2) is 0 Å².